The lowest BCUT2D eigenvalue weighted by atomic mass is 10.3. The summed E-state index contributed by atoms with van der Waals surface area (Å²) in [6.45, 7) is 0.412. The molecule has 0 bridgehead atoms. The van der Waals surface area contributed by atoms with Gasteiger partial charge in [-0.25, -0.2) is 0 Å². The fraction of sp³-hybridized carbons (Fsp3) is 0.875. The van der Waals surface area contributed by atoms with Crippen molar-refractivity contribution in [3.05, 3.63) is 0 Å². The van der Waals surface area contributed by atoms with Gasteiger partial charge in [0.1, 0.15) is 0 Å². The van der Waals surface area contributed by atoms with Gasteiger partial charge in [-0.15, -0.1) is 0 Å². The first-order chi connectivity index (χ1) is 6.26. The Morgan fingerprint density at radius 1 is 1.69 bits per heavy atom. The monoisotopic (exact) mass is 190 g/mol. The van der Waals surface area contributed by atoms with Crippen molar-refractivity contribution in [1.29, 1.82) is 0 Å². The van der Waals surface area contributed by atoms with Gasteiger partial charge in [0.05, 0.1) is 26.2 Å². The average molecular weight is 190 g/mol. The van der Waals surface area contributed by atoms with E-state index in [1.54, 1.807) is 0 Å². The van der Waals surface area contributed by atoms with Crippen molar-refractivity contribution < 1.29 is 24.1 Å². The van der Waals surface area contributed by atoms with Crippen molar-refractivity contribution in [2.24, 2.45) is 0 Å². The van der Waals surface area contributed by atoms with Crippen LogP contribution in [0.15, 0.2) is 0 Å². The molecule has 5 nitrogen and oxygen atoms in total. The third-order valence-corrected chi connectivity index (χ3v) is 1.80. The predicted octanol–water partition coefficient (Wildman–Crippen LogP) is -0.327. The summed E-state index contributed by atoms with van der Waals surface area (Å²) in [5.41, 5.74) is 0. The molecule has 2 unspecified atom stereocenters. The molecule has 0 spiro atoms. The fourth-order valence-corrected chi connectivity index (χ4v) is 1.14. The normalized spacial score (nSPS) is 27.5. The van der Waals surface area contributed by atoms with Crippen molar-refractivity contribution in [3.8, 4) is 0 Å². The van der Waals surface area contributed by atoms with E-state index in [2.05, 4.69) is 4.74 Å². The van der Waals surface area contributed by atoms with Crippen LogP contribution in [-0.2, 0) is 19.0 Å². The smallest absolute Gasteiger partial charge is 0.308 e. The topological polar surface area (TPSA) is 65.0 Å². The molecule has 0 saturated carbocycles. The first kappa shape index (κ1) is 10.4. The maximum absolute atomic E-state index is 10.8. The van der Waals surface area contributed by atoms with E-state index in [0.717, 1.165) is 0 Å². The zero-order valence-electron chi connectivity index (χ0n) is 7.56. The number of methoxy groups -OCH3 is 1. The molecule has 1 heterocycles. The van der Waals surface area contributed by atoms with Crippen LogP contribution in [-0.4, -0.2) is 43.8 Å². The second-order valence-corrected chi connectivity index (χ2v) is 2.81. The van der Waals surface area contributed by atoms with Crippen LogP contribution in [0.4, 0.5) is 0 Å². The number of hydrogen-bond donors (Lipinski definition) is 1. The molecule has 1 N–H and O–H groups in total. The molecule has 13 heavy (non-hydrogen) atoms. The van der Waals surface area contributed by atoms with Crippen molar-refractivity contribution in [2.45, 2.75) is 25.2 Å². The minimum absolute atomic E-state index is 0.0234. The van der Waals surface area contributed by atoms with E-state index in [9.17, 15) is 4.79 Å². The van der Waals surface area contributed by atoms with Gasteiger partial charge in [-0.1, -0.05) is 0 Å². The Balaban J connectivity index is 2.20. The predicted molar refractivity (Wildman–Crippen MR) is 42.9 cm³/mol. The Kier molecular flexibility index (Phi) is 4.14. The Bertz CT molecular complexity index is 170. The van der Waals surface area contributed by atoms with Crippen LogP contribution >= 0.6 is 0 Å². The van der Waals surface area contributed by atoms with Gasteiger partial charge in [-0.3, -0.25) is 4.79 Å². The SMILES string of the molecule is COC(=O)CC1COC(CCO)O1. The van der Waals surface area contributed by atoms with Gasteiger partial charge >= 0.3 is 5.97 Å². The standard InChI is InChI=1S/C8H14O5/c1-11-7(10)4-6-5-12-8(13-6)2-3-9/h6,8-9H,2-5H2,1H3. The maximum atomic E-state index is 10.8. The molecule has 1 fully saturated rings. The minimum atomic E-state index is -0.375. The first-order valence-corrected chi connectivity index (χ1v) is 4.21. The van der Waals surface area contributed by atoms with Gasteiger partial charge in [0, 0.05) is 13.0 Å². The number of carbonyl (C=O) groups is 1. The maximum Gasteiger partial charge on any atom is 0.308 e. The summed E-state index contributed by atoms with van der Waals surface area (Å²) in [5.74, 6) is -0.307. The van der Waals surface area contributed by atoms with E-state index in [1.807, 2.05) is 0 Å². The third-order valence-electron chi connectivity index (χ3n) is 1.80. The van der Waals surface area contributed by atoms with Gasteiger partial charge in [-0.2, -0.15) is 0 Å². The number of esters is 1. The van der Waals surface area contributed by atoms with Crippen LogP contribution in [0.2, 0.25) is 0 Å². The molecule has 1 saturated heterocycles. The highest BCUT2D eigenvalue weighted by atomic mass is 16.7. The lowest BCUT2D eigenvalue weighted by molar-refractivity contribution is -0.144. The quantitative estimate of drug-likeness (QED) is 0.615. The molecule has 1 rings (SSSR count). The Labute approximate surface area is 76.6 Å². The van der Waals surface area contributed by atoms with Gasteiger partial charge in [0.2, 0.25) is 0 Å². The Morgan fingerprint density at radius 2 is 2.46 bits per heavy atom. The minimum Gasteiger partial charge on any atom is -0.469 e. The molecule has 0 amide bonds. The summed E-state index contributed by atoms with van der Waals surface area (Å²) >= 11 is 0. The Morgan fingerprint density at radius 3 is 3.08 bits per heavy atom. The zero-order valence-corrected chi connectivity index (χ0v) is 7.56. The van der Waals surface area contributed by atoms with Crippen LogP contribution in [0.1, 0.15) is 12.8 Å². The van der Waals surface area contributed by atoms with E-state index in [-0.39, 0.29) is 31.4 Å². The summed E-state index contributed by atoms with van der Waals surface area (Å²) in [7, 11) is 1.34. The highest BCUT2D eigenvalue weighted by Crippen LogP contribution is 2.16. The first-order valence-electron chi connectivity index (χ1n) is 4.21. The number of carbonyl (C=O) groups excluding carboxylic acids is 1. The molecule has 0 aromatic rings. The fourth-order valence-electron chi connectivity index (χ4n) is 1.14. The van der Waals surface area contributed by atoms with Crippen LogP contribution in [0.3, 0.4) is 0 Å². The van der Waals surface area contributed by atoms with Crippen LogP contribution in [0.5, 0.6) is 0 Å². The lowest BCUT2D eigenvalue weighted by Gasteiger charge is -2.08. The number of hydrogen-bond acceptors (Lipinski definition) is 5. The summed E-state index contributed by atoms with van der Waals surface area (Å²) in [5, 5.41) is 8.59. The van der Waals surface area contributed by atoms with Crippen molar-refractivity contribution in [2.75, 3.05) is 20.3 Å². The van der Waals surface area contributed by atoms with Crippen molar-refractivity contribution in [3.63, 3.8) is 0 Å². The summed E-state index contributed by atoms with van der Waals surface area (Å²) in [4.78, 5) is 10.8. The average Bonchev–Trinajstić information content (AvgIpc) is 2.53. The van der Waals surface area contributed by atoms with Crippen LogP contribution < -0.4 is 0 Å². The molecule has 0 aliphatic carbocycles. The summed E-state index contributed by atoms with van der Waals surface area (Å²) in [6, 6.07) is 0. The number of aliphatic hydroxyl groups excluding tert-OH is 1. The number of aliphatic hydroxyl groups is 1. The van der Waals surface area contributed by atoms with Gasteiger partial charge in [-0.05, 0) is 0 Å². The van der Waals surface area contributed by atoms with Gasteiger partial charge in [0.25, 0.3) is 0 Å². The third kappa shape index (κ3) is 3.30. The summed E-state index contributed by atoms with van der Waals surface area (Å²) in [6.07, 6.45) is 0.0412. The molecular weight excluding hydrogens is 176 g/mol. The highest BCUT2D eigenvalue weighted by molar-refractivity contribution is 5.69. The molecule has 0 aromatic heterocycles. The highest BCUT2D eigenvalue weighted by Gasteiger charge is 2.27. The van der Waals surface area contributed by atoms with E-state index < -0.39 is 0 Å². The van der Waals surface area contributed by atoms with Gasteiger partial charge in [0.15, 0.2) is 6.29 Å². The molecule has 2 atom stereocenters. The molecule has 5 heteroatoms. The molecule has 1 aliphatic rings. The zero-order chi connectivity index (χ0) is 9.68. The molecule has 0 aromatic carbocycles. The van der Waals surface area contributed by atoms with Crippen molar-refractivity contribution in [1.82, 2.24) is 0 Å². The molecule has 0 radical (unpaired) electrons. The lowest BCUT2D eigenvalue weighted by Crippen LogP contribution is -2.18. The summed E-state index contributed by atoms with van der Waals surface area (Å²) < 4.78 is 14.9. The van der Waals surface area contributed by atoms with E-state index >= 15 is 0 Å². The van der Waals surface area contributed by atoms with E-state index in [1.165, 1.54) is 7.11 Å². The van der Waals surface area contributed by atoms with Crippen LogP contribution in [0, 0.1) is 0 Å². The molecule has 1 aliphatic heterocycles. The van der Waals surface area contributed by atoms with E-state index in [0.29, 0.717) is 13.0 Å². The Hall–Kier alpha value is -0.650. The van der Waals surface area contributed by atoms with Crippen molar-refractivity contribution >= 4 is 5.97 Å². The van der Waals surface area contributed by atoms with E-state index in [4.69, 9.17) is 14.6 Å². The molecular formula is C8H14O5. The molecule has 76 valence electrons. The second-order valence-electron chi connectivity index (χ2n) is 2.81. The van der Waals surface area contributed by atoms with Gasteiger partial charge < -0.3 is 19.3 Å². The number of rotatable bonds is 4. The van der Waals surface area contributed by atoms with Crippen LogP contribution in [0.25, 0.3) is 0 Å². The number of ether oxygens (including phenoxy) is 3. The second kappa shape index (κ2) is 5.16. The largest absolute Gasteiger partial charge is 0.469 e.